The number of likely N-dealkylation sites (tertiary alicyclic amines) is 1. The molecule has 0 saturated carbocycles. The van der Waals surface area contributed by atoms with E-state index >= 15 is 0 Å². The molecule has 1 amide bonds. The van der Waals surface area contributed by atoms with Crippen LogP contribution < -0.4 is 11.3 Å². The highest BCUT2D eigenvalue weighted by Gasteiger charge is 2.29. The lowest BCUT2D eigenvalue weighted by molar-refractivity contribution is 0.0728. The van der Waals surface area contributed by atoms with Crippen LogP contribution in [0.3, 0.4) is 0 Å². The van der Waals surface area contributed by atoms with Crippen LogP contribution >= 0.6 is 0 Å². The summed E-state index contributed by atoms with van der Waals surface area (Å²) in [5.41, 5.74) is 3.06. The van der Waals surface area contributed by atoms with Gasteiger partial charge >= 0.3 is 0 Å². The number of fused-ring (bicyclic) bond motifs is 1. The maximum absolute atomic E-state index is 12.7. The lowest BCUT2D eigenvalue weighted by atomic mass is 10.1. The number of nitrogens with two attached hydrogens (primary N) is 1. The number of anilines is 1. The molecule has 1 aromatic carbocycles. The maximum atomic E-state index is 12.7. The summed E-state index contributed by atoms with van der Waals surface area (Å²) in [6.07, 6.45) is 3.14. The quantitative estimate of drug-likeness (QED) is 0.671. The number of hydrogen-bond donors (Lipinski definition) is 2. The molecule has 0 radical (unpaired) electrons. The molecule has 2 aromatic rings. The highest BCUT2D eigenvalue weighted by Crippen LogP contribution is 2.25. The van der Waals surface area contributed by atoms with Gasteiger partial charge in [0.15, 0.2) is 0 Å². The van der Waals surface area contributed by atoms with Crippen LogP contribution in [0.15, 0.2) is 30.3 Å². The predicted octanol–water partition coefficient (Wildman–Crippen LogP) is 2.53. The van der Waals surface area contributed by atoms with E-state index in [2.05, 4.69) is 17.3 Å². The summed E-state index contributed by atoms with van der Waals surface area (Å²) in [6.45, 7) is 2.94. The van der Waals surface area contributed by atoms with Gasteiger partial charge in [-0.25, -0.2) is 10.8 Å². The first-order chi connectivity index (χ1) is 10.2. The fourth-order valence-electron chi connectivity index (χ4n) is 3.09. The van der Waals surface area contributed by atoms with E-state index in [0.717, 1.165) is 36.6 Å². The number of amides is 1. The molecule has 3 rings (SSSR count). The van der Waals surface area contributed by atoms with Crippen molar-refractivity contribution in [2.45, 2.75) is 32.2 Å². The van der Waals surface area contributed by atoms with Crippen LogP contribution in [0.5, 0.6) is 0 Å². The zero-order valence-corrected chi connectivity index (χ0v) is 12.2. The van der Waals surface area contributed by atoms with Gasteiger partial charge in [0.2, 0.25) is 0 Å². The van der Waals surface area contributed by atoms with E-state index in [-0.39, 0.29) is 5.91 Å². The number of nitrogen functional groups attached to an aromatic ring is 1. The van der Waals surface area contributed by atoms with Crippen LogP contribution in [-0.2, 0) is 0 Å². The Kier molecular flexibility index (Phi) is 3.75. The number of rotatable bonds is 3. The molecule has 5 nitrogen and oxygen atoms in total. The Hall–Kier alpha value is -2.14. The van der Waals surface area contributed by atoms with Gasteiger partial charge in [0.25, 0.3) is 5.91 Å². The number of pyridine rings is 1. The molecule has 0 aliphatic carbocycles. The van der Waals surface area contributed by atoms with Crippen molar-refractivity contribution >= 4 is 22.5 Å². The van der Waals surface area contributed by atoms with Crippen molar-refractivity contribution in [3.63, 3.8) is 0 Å². The molecule has 1 fully saturated rings. The fraction of sp³-hybridized carbons (Fsp3) is 0.375. The third-order valence-corrected chi connectivity index (χ3v) is 4.21. The molecule has 1 unspecified atom stereocenters. The monoisotopic (exact) mass is 284 g/mol. The van der Waals surface area contributed by atoms with Gasteiger partial charge in [-0.3, -0.25) is 4.79 Å². The summed E-state index contributed by atoms with van der Waals surface area (Å²) in [5, 5.41) is 1.89. The summed E-state index contributed by atoms with van der Waals surface area (Å²) in [7, 11) is 0. The predicted molar refractivity (Wildman–Crippen MR) is 83.9 cm³/mol. The first kappa shape index (κ1) is 13.8. The number of benzene rings is 1. The molecule has 1 saturated heterocycles. The first-order valence-electron chi connectivity index (χ1n) is 7.42. The second kappa shape index (κ2) is 5.69. The summed E-state index contributed by atoms with van der Waals surface area (Å²) in [6, 6.07) is 9.97. The second-order valence-electron chi connectivity index (χ2n) is 5.42. The Morgan fingerprint density at radius 2 is 2.29 bits per heavy atom. The van der Waals surface area contributed by atoms with Gasteiger partial charge in [-0.15, -0.1) is 0 Å². The smallest absolute Gasteiger partial charge is 0.272 e. The third kappa shape index (κ3) is 2.45. The summed E-state index contributed by atoms with van der Waals surface area (Å²) in [4.78, 5) is 19.1. The normalized spacial score (nSPS) is 18.2. The zero-order chi connectivity index (χ0) is 14.8. The molecule has 110 valence electrons. The SMILES string of the molecule is CCC1CCCN1C(=O)c1cc2ccccc2c(NN)n1. The van der Waals surface area contributed by atoms with E-state index in [9.17, 15) is 4.79 Å². The van der Waals surface area contributed by atoms with Crippen LogP contribution in [0.4, 0.5) is 5.82 Å². The lowest BCUT2D eigenvalue weighted by Gasteiger charge is -2.23. The minimum absolute atomic E-state index is 0.00148. The Morgan fingerprint density at radius 1 is 1.48 bits per heavy atom. The average molecular weight is 284 g/mol. The number of nitrogens with zero attached hydrogens (tertiary/aromatic N) is 2. The number of carbonyl (C=O) groups excluding carboxylic acids is 1. The van der Waals surface area contributed by atoms with Crippen LogP contribution in [0, 0.1) is 0 Å². The molecule has 1 atom stereocenters. The molecule has 1 aliphatic rings. The zero-order valence-electron chi connectivity index (χ0n) is 12.2. The first-order valence-corrected chi connectivity index (χ1v) is 7.42. The van der Waals surface area contributed by atoms with E-state index in [0.29, 0.717) is 17.6 Å². The van der Waals surface area contributed by atoms with E-state index in [4.69, 9.17) is 5.84 Å². The van der Waals surface area contributed by atoms with Crippen molar-refractivity contribution in [2.75, 3.05) is 12.0 Å². The second-order valence-corrected chi connectivity index (χ2v) is 5.42. The van der Waals surface area contributed by atoms with Crippen molar-refractivity contribution in [3.05, 3.63) is 36.0 Å². The molecule has 2 heterocycles. The molecular formula is C16H20N4O. The Balaban J connectivity index is 2.02. The standard InChI is InChI=1S/C16H20N4O/c1-2-12-7-5-9-20(12)16(21)14-10-11-6-3-4-8-13(11)15(18-14)19-17/h3-4,6,8,10,12H,2,5,7,9,17H2,1H3,(H,18,19). The largest absolute Gasteiger partial charge is 0.334 e. The summed E-state index contributed by atoms with van der Waals surface area (Å²) in [5.74, 6) is 6.10. The minimum Gasteiger partial charge on any atom is -0.334 e. The van der Waals surface area contributed by atoms with Gasteiger partial charge in [0.05, 0.1) is 0 Å². The van der Waals surface area contributed by atoms with Crippen LogP contribution in [0.25, 0.3) is 10.8 Å². The van der Waals surface area contributed by atoms with Gasteiger partial charge in [0, 0.05) is 18.0 Å². The molecule has 21 heavy (non-hydrogen) atoms. The highest BCUT2D eigenvalue weighted by molar-refractivity contribution is 6.00. The lowest BCUT2D eigenvalue weighted by Crippen LogP contribution is -2.35. The van der Waals surface area contributed by atoms with Crippen molar-refractivity contribution in [3.8, 4) is 0 Å². The van der Waals surface area contributed by atoms with Crippen molar-refractivity contribution in [2.24, 2.45) is 5.84 Å². The van der Waals surface area contributed by atoms with Crippen molar-refractivity contribution < 1.29 is 4.79 Å². The Labute approximate surface area is 124 Å². The van der Waals surface area contributed by atoms with Gasteiger partial charge in [-0.1, -0.05) is 31.2 Å². The minimum atomic E-state index is 0.00148. The average Bonchev–Trinajstić information content (AvgIpc) is 3.01. The number of aromatic nitrogens is 1. The molecule has 1 aromatic heterocycles. The Morgan fingerprint density at radius 3 is 3.05 bits per heavy atom. The summed E-state index contributed by atoms with van der Waals surface area (Å²) < 4.78 is 0. The summed E-state index contributed by atoms with van der Waals surface area (Å²) >= 11 is 0. The third-order valence-electron chi connectivity index (χ3n) is 4.21. The molecular weight excluding hydrogens is 264 g/mol. The fourth-order valence-corrected chi connectivity index (χ4v) is 3.09. The number of hydrazine groups is 1. The van der Waals surface area contributed by atoms with E-state index < -0.39 is 0 Å². The van der Waals surface area contributed by atoms with Crippen molar-refractivity contribution in [1.29, 1.82) is 0 Å². The highest BCUT2D eigenvalue weighted by atomic mass is 16.2. The topological polar surface area (TPSA) is 71.2 Å². The Bertz CT molecular complexity index is 670. The molecule has 0 bridgehead atoms. The van der Waals surface area contributed by atoms with E-state index in [1.54, 1.807) is 0 Å². The van der Waals surface area contributed by atoms with Crippen LogP contribution in [0.1, 0.15) is 36.7 Å². The number of carbonyl (C=O) groups is 1. The van der Waals surface area contributed by atoms with Crippen LogP contribution in [0.2, 0.25) is 0 Å². The van der Waals surface area contributed by atoms with Crippen LogP contribution in [-0.4, -0.2) is 28.4 Å². The molecule has 0 spiro atoms. The number of nitrogens with one attached hydrogen (secondary N) is 1. The van der Waals surface area contributed by atoms with E-state index in [1.807, 2.05) is 35.2 Å². The molecule has 1 aliphatic heterocycles. The van der Waals surface area contributed by atoms with Gasteiger partial charge in [-0.2, -0.15) is 0 Å². The number of hydrogen-bond acceptors (Lipinski definition) is 4. The maximum Gasteiger partial charge on any atom is 0.272 e. The van der Waals surface area contributed by atoms with E-state index in [1.165, 1.54) is 0 Å². The van der Waals surface area contributed by atoms with Crippen molar-refractivity contribution in [1.82, 2.24) is 9.88 Å². The molecule has 3 N–H and O–H groups in total. The van der Waals surface area contributed by atoms with Gasteiger partial charge in [-0.05, 0) is 30.7 Å². The molecule has 5 heteroatoms. The van der Waals surface area contributed by atoms with Gasteiger partial charge < -0.3 is 10.3 Å². The van der Waals surface area contributed by atoms with Gasteiger partial charge in [0.1, 0.15) is 11.5 Å².